The fourth-order valence-corrected chi connectivity index (χ4v) is 2.49. The quantitative estimate of drug-likeness (QED) is 0.440. The van der Waals surface area contributed by atoms with Gasteiger partial charge in [0.1, 0.15) is 0 Å². The minimum absolute atomic E-state index is 0.0963. The van der Waals surface area contributed by atoms with Crippen LogP contribution in [0.25, 0.3) is 0 Å². The van der Waals surface area contributed by atoms with Gasteiger partial charge < -0.3 is 0 Å². The Morgan fingerprint density at radius 2 is 1.60 bits per heavy atom. The van der Waals surface area contributed by atoms with E-state index in [4.69, 9.17) is 3.85 Å². The molecule has 120 valence electrons. The fourth-order valence-electron chi connectivity index (χ4n) is 1.08. The summed E-state index contributed by atoms with van der Waals surface area (Å²) in [6.07, 6.45) is -0.159. The van der Waals surface area contributed by atoms with Crippen molar-refractivity contribution in [2.24, 2.45) is 0 Å². The summed E-state index contributed by atoms with van der Waals surface area (Å²) in [5, 5.41) is 2.93. The van der Waals surface area contributed by atoms with E-state index in [0.29, 0.717) is 0 Å². The molecule has 1 unspecified atom stereocenters. The van der Waals surface area contributed by atoms with Crippen LogP contribution in [0.1, 0.15) is 6.42 Å². The monoisotopic (exact) mass is 337 g/mol. The third kappa shape index (κ3) is 7.43. The van der Waals surface area contributed by atoms with Crippen LogP contribution >= 0.6 is 0 Å². The molecule has 20 heavy (non-hydrogen) atoms. The van der Waals surface area contributed by atoms with Gasteiger partial charge in [-0.2, -0.15) is 0 Å². The molecule has 0 saturated carbocycles. The maximum absolute atomic E-state index is 11.5. The van der Waals surface area contributed by atoms with Crippen LogP contribution in [0, 0.1) is 0 Å². The molecule has 0 bridgehead atoms. The molecule has 0 aromatic carbocycles. The Hall–Kier alpha value is -1.16. The normalized spacial score (nSPS) is 12.3. The summed E-state index contributed by atoms with van der Waals surface area (Å²) >= 11 is -1.12. The van der Waals surface area contributed by atoms with Crippen LogP contribution in [-0.4, -0.2) is 57.9 Å². The average Bonchev–Trinajstić information content (AvgIpc) is 2.48. The number of ether oxygens (including phenoxy) is 3. The summed E-state index contributed by atoms with van der Waals surface area (Å²) < 4.78 is 18.8. The van der Waals surface area contributed by atoms with Gasteiger partial charge in [-0.3, -0.25) is 0 Å². The van der Waals surface area contributed by atoms with Gasteiger partial charge in [0, 0.05) is 0 Å². The Balaban J connectivity index is 4.45. The summed E-state index contributed by atoms with van der Waals surface area (Å²) in [7, 11) is 5.20. The van der Waals surface area contributed by atoms with Gasteiger partial charge in [0.25, 0.3) is 0 Å². The first-order valence-electron chi connectivity index (χ1n) is 5.51. The van der Waals surface area contributed by atoms with Crippen molar-refractivity contribution in [3.05, 3.63) is 0 Å². The van der Waals surface area contributed by atoms with Crippen molar-refractivity contribution in [2.45, 2.75) is 17.8 Å². The van der Waals surface area contributed by atoms with E-state index in [0.717, 1.165) is 0 Å². The average molecular weight is 337 g/mol. The van der Waals surface area contributed by atoms with Crippen LogP contribution in [0.5, 0.6) is 0 Å². The summed E-state index contributed by atoms with van der Waals surface area (Å²) in [6, 6.07) is -0.843. The number of methoxy groups -OCH3 is 3. The van der Waals surface area contributed by atoms with Crippen LogP contribution in [-0.2, 0) is 46.4 Å². The van der Waals surface area contributed by atoms with E-state index >= 15 is 0 Å². The maximum atomic E-state index is 11.5. The van der Waals surface area contributed by atoms with Gasteiger partial charge in [-0.05, 0) is 0 Å². The summed E-state index contributed by atoms with van der Waals surface area (Å²) in [5.74, 6) is -1.53. The minimum atomic E-state index is -1.12. The molecule has 0 aromatic rings. The van der Waals surface area contributed by atoms with Gasteiger partial charge >= 0.3 is 121 Å². The predicted molar refractivity (Wildman–Crippen MR) is 64.3 cm³/mol. The molecule has 0 aliphatic rings. The van der Waals surface area contributed by atoms with Crippen molar-refractivity contribution in [1.29, 1.82) is 0 Å². The Morgan fingerprint density at radius 3 is 2.05 bits per heavy atom. The molecule has 0 rings (SSSR count). The number of nitrogens with one attached hydrogen (secondary N) is 1. The molecule has 0 radical (unpaired) electrons. The molecular formula is C11H20CoNO7. The van der Waals surface area contributed by atoms with Gasteiger partial charge in [-0.1, -0.05) is 0 Å². The number of esters is 3. The molecule has 8 nitrogen and oxygen atoms in total. The van der Waals surface area contributed by atoms with Gasteiger partial charge in [0.2, 0.25) is 0 Å². The topological polar surface area (TPSA) is 100 Å². The number of carbonyl (C=O) groups excluding carboxylic acids is 3. The van der Waals surface area contributed by atoms with E-state index in [2.05, 4.69) is 19.5 Å². The molecule has 1 N–H and O–H groups in total. The summed E-state index contributed by atoms with van der Waals surface area (Å²) in [5.41, 5.74) is 0.245. The second-order valence-electron chi connectivity index (χ2n) is 3.37. The van der Waals surface area contributed by atoms with Crippen molar-refractivity contribution in [3.8, 4) is 0 Å². The Morgan fingerprint density at radius 1 is 1.00 bits per heavy atom. The van der Waals surface area contributed by atoms with E-state index in [1.54, 1.807) is 0 Å². The van der Waals surface area contributed by atoms with Crippen LogP contribution < -0.4 is 5.32 Å². The van der Waals surface area contributed by atoms with Crippen LogP contribution in [0.4, 0.5) is 0 Å². The molecule has 0 aliphatic heterocycles. The second-order valence-corrected chi connectivity index (χ2v) is 5.65. The van der Waals surface area contributed by atoms with E-state index in [1.807, 2.05) is 0 Å². The van der Waals surface area contributed by atoms with E-state index < -0.39 is 37.9 Å². The van der Waals surface area contributed by atoms with Crippen molar-refractivity contribution in [3.63, 3.8) is 0 Å². The van der Waals surface area contributed by atoms with Crippen molar-refractivity contribution in [1.82, 2.24) is 5.32 Å². The molecule has 0 spiro atoms. The number of rotatable bonds is 9. The molecule has 0 saturated heterocycles. The third-order valence-electron chi connectivity index (χ3n) is 2.18. The van der Waals surface area contributed by atoms with Gasteiger partial charge in [-0.25, -0.2) is 0 Å². The first-order valence-corrected chi connectivity index (χ1v) is 7.41. The second kappa shape index (κ2) is 10.6. The molecule has 0 amide bonds. The zero-order valence-corrected chi connectivity index (χ0v) is 12.9. The standard InChI is InChI=1S/C7H12NO4.C3H5O2.CH3O.Co/c1-8-5(7(10)12-3)4-6(9)11-2;1-3(4)5-2;1-2;/h5,8H,1,4H2,2-3H3;1H2,2H3;1H3;/q;;-1;+1. The molecule has 0 aromatic heterocycles. The van der Waals surface area contributed by atoms with E-state index in [9.17, 15) is 14.4 Å². The van der Waals surface area contributed by atoms with Crippen LogP contribution in [0.3, 0.4) is 0 Å². The van der Waals surface area contributed by atoms with Gasteiger partial charge in [-0.15, -0.1) is 0 Å². The molecular weight excluding hydrogens is 317 g/mol. The molecule has 1 atom stereocenters. The van der Waals surface area contributed by atoms with Crippen LogP contribution in [0.15, 0.2) is 0 Å². The number of hydrogen-bond acceptors (Lipinski definition) is 8. The Kier molecular flexibility index (Phi) is 9.99. The number of hydrogen-bond donors (Lipinski definition) is 1. The summed E-state index contributed by atoms with van der Waals surface area (Å²) in [4.78, 5) is 33.9. The van der Waals surface area contributed by atoms with Crippen molar-refractivity contribution in [2.75, 3.05) is 33.9 Å². The SMILES string of the molecule is COC(=O)CC(N[CH2][Co]([CH2]C(=O)OC)[O]C)C(=O)OC. The van der Waals surface area contributed by atoms with E-state index in [1.165, 1.54) is 28.4 Å². The Labute approximate surface area is 122 Å². The fraction of sp³-hybridized carbons (Fsp3) is 0.727. The molecule has 0 aliphatic carbocycles. The first-order chi connectivity index (χ1) is 9.48. The van der Waals surface area contributed by atoms with Crippen LogP contribution in [0.2, 0.25) is 5.36 Å². The Bertz CT molecular complexity index is 337. The third-order valence-corrected chi connectivity index (χ3v) is 4.11. The molecule has 0 fully saturated rings. The zero-order chi connectivity index (χ0) is 15.5. The summed E-state index contributed by atoms with van der Waals surface area (Å²) in [6.45, 7) is 0. The van der Waals surface area contributed by atoms with Gasteiger partial charge in [0.15, 0.2) is 0 Å². The molecule has 9 heteroatoms. The first kappa shape index (κ1) is 18.8. The van der Waals surface area contributed by atoms with Gasteiger partial charge in [0.05, 0.1) is 0 Å². The molecule has 0 heterocycles. The number of carbonyl (C=O) groups is 3. The van der Waals surface area contributed by atoms with Crippen molar-refractivity contribution < 1.29 is 46.4 Å². The zero-order valence-electron chi connectivity index (χ0n) is 11.9. The van der Waals surface area contributed by atoms with E-state index in [-0.39, 0.29) is 17.3 Å². The predicted octanol–water partition coefficient (Wildman–Crippen LogP) is -0.591. The van der Waals surface area contributed by atoms with Crippen molar-refractivity contribution >= 4 is 17.9 Å².